The molecule has 0 spiro atoms. The number of nitrogens with zero attached hydrogens (tertiary/aromatic N) is 4. The van der Waals surface area contributed by atoms with Crippen molar-refractivity contribution in [1.29, 1.82) is 0 Å². The summed E-state index contributed by atoms with van der Waals surface area (Å²) >= 11 is 2.91. The van der Waals surface area contributed by atoms with Crippen LogP contribution in [0.2, 0.25) is 0 Å². The van der Waals surface area contributed by atoms with Crippen LogP contribution in [0.4, 0.5) is 21.5 Å². The molecule has 5 heterocycles. The number of ether oxygens (including phenoxy) is 1. The van der Waals surface area contributed by atoms with Gasteiger partial charge in [0.1, 0.15) is 11.3 Å². The maximum absolute atomic E-state index is 12.8. The molecule has 1 aromatic carbocycles. The number of thiophene rings is 1. The number of nitrogens with one attached hydrogen (secondary N) is 3. The minimum atomic E-state index is -0.149. The number of fused-ring (bicyclic) bond motifs is 1. The van der Waals surface area contributed by atoms with E-state index in [1.165, 1.54) is 28.2 Å². The normalized spacial score (nSPS) is 14.0. The zero-order chi connectivity index (χ0) is 25.9. The van der Waals surface area contributed by atoms with Gasteiger partial charge in [-0.15, -0.1) is 22.7 Å². The highest BCUT2D eigenvalue weighted by Crippen LogP contribution is 2.31. The number of morpholine rings is 1. The number of carbonyl (C=O) groups is 1. The van der Waals surface area contributed by atoms with Gasteiger partial charge in [0.05, 0.1) is 46.4 Å². The molecule has 4 aromatic heterocycles. The number of hydrogen-bond acceptors (Lipinski definition) is 9. The smallest absolute Gasteiger partial charge is 0.265 e. The molecule has 1 aliphatic rings. The van der Waals surface area contributed by atoms with E-state index in [0.717, 1.165) is 71.4 Å². The van der Waals surface area contributed by atoms with Gasteiger partial charge in [0.15, 0.2) is 5.13 Å². The third-order valence-electron chi connectivity index (χ3n) is 6.36. The molecule has 0 radical (unpaired) electrons. The van der Waals surface area contributed by atoms with Crippen LogP contribution in [0, 0.1) is 0 Å². The van der Waals surface area contributed by atoms with Gasteiger partial charge in [-0.05, 0) is 42.0 Å². The number of rotatable bonds is 8. The van der Waals surface area contributed by atoms with Crippen LogP contribution in [0.25, 0.3) is 17.0 Å². The number of imidazole rings is 1. The lowest BCUT2D eigenvalue weighted by molar-refractivity contribution is 0.0342. The van der Waals surface area contributed by atoms with E-state index in [9.17, 15) is 4.79 Å². The summed E-state index contributed by atoms with van der Waals surface area (Å²) < 4.78 is 7.52. The Balaban J connectivity index is 0.00000185. The van der Waals surface area contributed by atoms with Gasteiger partial charge in [-0.1, -0.05) is 12.1 Å². The first-order valence-electron chi connectivity index (χ1n) is 12.3. The van der Waals surface area contributed by atoms with Gasteiger partial charge < -0.3 is 20.7 Å². The molecule has 1 amide bonds. The monoisotopic (exact) mass is 549 g/mol. The third-order valence-corrected chi connectivity index (χ3v) is 8.12. The number of amides is 1. The maximum atomic E-state index is 12.8. The highest BCUT2D eigenvalue weighted by molar-refractivity contribution is 7.19. The fourth-order valence-electron chi connectivity index (χ4n) is 4.40. The van der Waals surface area contributed by atoms with Gasteiger partial charge in [-0.2, -0.15) is 0 Å². The molecule has 0 atom stereocenters. The van der Waals surface area contributed by atoms with Crippen molar-refractivity contribution in [2.75, 3.05) is 49.3 Å². The second-order valence-electron chi connectivity index (χ2n) is 8.87. The molecule has 0 bridgehead atoms. The van der Waals surface area contributed by atoms with Gasteiger partial charge in [0.2, 0.25) is 0 Å². The lowest BCUT2D eigenvalue weighted by atomic mass is 10.2. The molecule has 1 saturated heterocycles. The average Bonchev–Trinajstić information content (AvgIpc) is 3.70. The summed E-state index contributed by atoms with van der Waals surface area (Å²) in [5, 5.41) is 13.0. The molecule has 38 heavy (non-hydrogen) atoms. The van der Waals surface area contributed by atoms with Gasteiger partial charge in [-0.25, -0.2) is 9.97 Å². The van der Waals surface area contributed by atoms with Crippen LogP contribution in [0.1, 0.15) is 18.1 Å². The quantitative estimate of drug-likeness (QED) is 0.222. The van der Waals surface area contributed by atoms with E-state index >= 15 is 0 Å². The van der Waals surface area contributed by atoms with E-state index in [0.29, 0.717) is 4.88 Å². The minimum Gasteiger partial charge on any atom is -0.386 e. The molecule has 1 aliphatic heterocycles. The molecule has 198 valence electrons. The molecular formula is C27H31N7O2S2. The van der Waals surface area contributed by atoms with Crippen LogP contribution in [0.15, 0.2) is 66.3 Å². The Hall–Kier alpha value is -3.77. The molecule has 0 saturated carbocycles. The zero-order valence-corrected chi connectivity index (χ0v) is 22.4. The van der Waals surface area contributed by atoms with E-state index < -0.39 is 0 Å². The predicted octanol–water partition coefficient (Wildman–Crippen LogP) is 5.88. The molecule has 11 heteroatoms. The predicted molar refractivity (Wildman–Crippen MR) is 158 cm³/mol. The highest BCUT2D eigenvalue weighted by atomic mass is 32.1. The lowest BCUT2D eigenvalue weighted by Crippen LogP contribution is -2.35. The van der Waals surface area contributed by atoms with Crippen molar-refractivity contribution in [3.05, 3.63) is 76.7 Å². The Morgan fingerprint density at radius 3 is 2.82 bits per heavy atom. The van der Waals surface area contributed by atoms with Crippen LogP contribution in [-0.2, 0) is 11.3 Å². The van der Waals surface area contributed by atoms with E-state index in [2.05, 4.69) is 48.6 Å². The Kier molecular flexibility index (Phi) is 7.06. The van der Waals surface area contributed by atoms with Crippen molar-refractivity contribution < 1.29 is 12.4 Å². The number of carbonyl (C=O) groups excluding carboxylic acids is 1. The molecule has 5 aromatic rings. The van der Waals surface area contributed by atoms with Crippen molar-refractivity contribution in [3.63, 3.8) is 0 Å². The number of hydrogen-bond donors (Lipinski definition) is 3. The fourth-order valence-corrected chi connectivity index (χ4v) is 5.99. The van der Waals surface area contributed by atoms with E-state index in [-0.39, 0.29) is 8.76 Å². The van der Waals surface area contributed by atoms with Crippen molar-refractivity contribution in [1.82, 2.24) is 19.3 Å². The number of benzene rings is 1. The van der Waals surface area contributed by atoms with Crippen molar-refractivity contribution in [2.45, 2.75) is 6.54 Å². The lowest BCUT2D eigenvalue weighted by Gasteiger charge is -2.26. The Labute approximate surface area is 231 Å². The summed E-state index contributed by atoms with van der Waals surface area (Å²) in [5.41, 5.74) is 5.55. The first-order chi connectivity index (χ1) is 18.7. The summed E-state index contributed by atoms with van der Waals surface area (Å²) in [6.07, 6.45) is 3.93. The molecule has 3 N–H and O–H groups in total. The zero-order valence-electron chi connectivity index (χ0n) is 20.8. The van der Waals surface area contributed by atoms with Crippen LogP contribution in [-0.4, -0.2) is 58.5 Å². The number of anilines is 4. The summed E-state index contributed by atoms with van der Waals surface area (Å²) in [6.45, 7) is 4.40. The van der Waals surface area contributed by atoms with Gasteiger partial charge in [-0.3, -0.25) is 14.1 Å². The fraction of sp³-hybridized carbons (Fsp3) is 0.222. The van der Waals surface area contributed by atoms with E-state index in [4.69, 9.17) is 9.72 Å². The maximum Gasteiger partial charge on any atom is 0.265 e. The standard InChI is InChI=1S/C27H27N7O2S2.2H2/c1-28-19-4-2-3-5-20(19)30-26(35)23-6-7-25(38-23)32-27-31-21(17-37-27)22-15-29-24-14-18(8-9-34(22)24)16-33-10-12-36-13-11-33;;/h2-9,14-15,17,28H,10-13,16H2,1H3,(H,30,35)(H,31,32);2*1H. The summed E-state index contributed by atoms with van der Waals surface area (Å²) in [5.74, 6) is -0.149. The van der Waals surface area contributed by atoms with Crippen LogP contribution >= 0.6 is 22.7 Å². The van der Waals surface area contributed by atoms with Crippen LogP contribution < -0.4 is 16.0 Å². The Bertz CT molecular complexity index is 1580. The molecule has 0 unspecified atom stereocenters. The topological polar surface area (TPSA) is 95.8 Å². The number of aromatic nitrogens is 3. The Morgan fingerprint density at radius 2 is 1.97 bits per heavy atom. The summed E-state index contributed by atoms with van der Waals surface area (Å²) in [7, 11) is 1.83. The van der Waals surface area contributed by atoms with Crippen molar-refractivity contribution >= 4 is 55.7 Å². The van der Waals surface area contributed by atoms with Gasteiger partial charge in [0.25, 0.3) is 5.91 Å². The molecule has 9 nitrogen and oxygen atoms in total. The second kappa shape index (κ2) is 10.9. The average molecular weight is 550 g/mol. The number of para-hydroxylation sites is 2. The summed E-state index contributed by atoms with van der Waals surface area (Å²) in [6, 6.07) is 15.6. The van der Waals surface area contributed by atoms with Crippen molar-refractivity contribution in [2.24, 2.45) is 0 Å². The molecule has 1 fully saturated rings. The van der Waals surface area contributed by atoms with Crippen molar-refractivity contribution in [3.8, 4) is 11.4 Å². The van der Waals surface area contributed by atoms with E-state index in [1.807, 2.05) is 55.0 Å². The molecule has 0 aliphatic carbocycles. The minimum absolute atomic E-state index is 0. The largest absolute Gasteiger partial charge is 0.386 e. The Morgan fingerprint density at radius 1 is 1.13 bits per heavy atom. The highest BCUT2D eigenvalue weighted by Gasteiger charge is 2.15. The number of thiazole rings is 1. The van der Waals surface area contributed by atoms with Crippen LogP contribution in [0.5, 0.6) is 0 Å². The molecule has 6 rings (SSSR count). The van der Waals surface area contributed by atoms with Gasteiger partial charge >= 0.3 is 0 Å². The SMILES string of the molecule is CNc1ccccc1NC(=O)c1ccc(Nc2nc(-c3cnc4cc(CN5CCOCC5)ccn34)cs2)s1.[HH].[HH]. The third kappa shape index (κ3) is 5.27. The number of pyridine rings is 1. The first-order valence-corrected chi connectivity index (χ1v) is 14.0. The first kappa shape index (κ1) is 24.6. The van der Waals surface area contributed by atoms with Gasteiger partial charge in [0, 0.05) is 41.1 Å². The second-order valence-corrected chi connectivity index (χ2v) is 10.8. The molecular weight excluding hydrogens is 518 g/mol. The van der Waals surface area contributed by atoms with E-state index in [1.54, 1.807) is 0 Å². The summed E-state index contributed by atoms with van der Waals surface area (Å²) in [4.78, 5) is 25.2. The van der Waals surface area contributed by atoms with Crippen LogP contribution in [0.3, 0.4) is 0 Å².